The molecule has 52 heavy (non-hydrogen) atoms. The van der Waals surface area contributed by atoms with Crippen molar-refractivity contribution >= 4 is 0 Å². The van der Waals surface area contributed by atoms with E-state index in [-0.39, 0.29) is 16.6 Å². The summed E-state index contributed by atoms with van der Waals surface area (Å²) in [4.78, 5) is 10.3. The van der Waals surface area contributed by atoms with Crippen LogP contribution < -0.4 is 0 Å². The molecule has 2 heterocycles. The van der Waals surface area contributed by atoms with Gasteiger partial charge in [0.25, 0.3) is 0 Å². The Morgan fingerprint density at radius 2 is 1.04 bits per heavy atom. The lowest BCUT2D eigenvalue weighted by Gasteiger charge is -2.24. The molecule has 0 aliphatic rings. The van der Waals surface area contributed by atoms with Crippen LogP contribution in [-0.2, 0) is 17.3 Å². The number of phenolic OH excluding ortho intramolecular Hbond substituents is 1. The average molecular weight is 679 g/mol. The van der Waals surface area contributed by atoms with Crippen LogP contribution in [0.5, 0.6) is 5.75 Å². The van der Waals surface area contributed by atoms with Gasteiger partial charge in [0.1, 0.15) is 5.75 Å². The molecule has 0 fully saturated rings. The first-order valence-electron chi connectivity index (χ1n) is 18.1. The number of hydrogen-bond acceptors (Lipinski definition) is 3. The minimum Gasteiger partial charge on any atom is -0.507 e. The Morgan fingerprint density at radius 3 is 1.67 bits per heavy atom. The fourth-order valence-corrected chi connectivity index (χ4v) is 6.68. The highest BCUT2D eigenvalue weighted by Gasteiger charge is 2.24. The number of rotatable bonds is 7. The zero-order valence-corrected chi connectivity index (χ0v) is 31.0. The zero-order chi connectivity index (χ0) is 36.5. The molecule has 3 heteroatoms. The van der Waals surface area contributed by atoms with E-state index in [2.05, 4.69) is 157 Å². The van der Waals surface area contributed by atoms with E-state index < -0.39 is 0 Å². The van der Waals surface area contributed by atoms with Gasteiger partial charge in [-0.1, -0.05) is 139 Å². The third-order valence-electron chi connectivity index (χ3n) is 9.79. The fourth-order valence-electron chi connectivity index (χ4n) is 6.68. The van der Waals surface area contributed by atoms with Gasteiger partial charge in [-0.3, -0.25) is 4.98 Å². The average Bonchev–Trinajstić information content (AvgIpc) is 3.15. The lowest BCUT2D eigenvalue weighted by atomic mass is 9.82. The molecule has 0 radical (unpaired) electrons. The standard InChI is InChI=1S/C49H46N2O/c1-48(2,3)40-28-38(27-39(29-40)45-30-36(24-25-50-45)34-18-12-8-13-19-34)44-23-22-37(26-33-16-10-7-11-17-33)46(51-44)43-32-41(49(4,5)6)31-42(47(43)52)35-20-14-9-15-21-35/h7-25,27-32,52H,26H2,1-6H3. The predicted octanol–water partition coefficient (Wildman–Crippen LogP) is 12.7. The number of aromatic nitrogens is 2. The van der Waals surface area contributed by atoms with Crippen molar-refractivity contribution in [1.29, 1.82) is 0 Å². The SMILES string of the molecule is CC(C)(C)c1cc(-c2cc(-c3ccccc3)ccn2)cc(-c2ccc(Cc3ccccc3)c(-c3cc(C(C)(C)C)cc(-c4ccccc4)c3O)n2)c1. The molecule has 7 aromatic rings. The van der Waals surface area contributed by atoms with Crippen LogP contribution in [0.15, 0.2) is 152 Å². The highest BCUT2D eigenvalue weighted by molar-refractivity contribution is 5.84. The van der Waals surface area contributed by atoms with Crippen LogP contribution in [0.25, 0.3) is 56.0 Å². The molecule has 3 nitrogen and oxygen atoms in total. The molecule has 0 aliphatic heterocycles. The number of nitrogens with zero attached hydrogens (tertiary/aromatic N) is 2. The van der Waals surface area contributed by atoms with Crippen molar-refractivity contribution in [3.8, 4) is 61.8 Å². The molecule has 0 aliphatic carbocycles. The second-order valence-corrected chi connectivity index (χ2v) is 15.7. The Bertz CT molecular complexity index is 2330. The molecule has 0 bridgehead atoms. The van der Waals surface area contributed by atoms with Crippen LogP contribution in [0.1, 0.15) is 63.8 Å². The maximum absolute atomic E-state index is 12.2. The first-order valence-corrected chi connectivity index (χ1v) is 18.1. The van der Waals surface area contributed by atoms with Crippen molar-refractivity contribution < 1.29 is 5.11 Å². The summed E-state index contributed by atoms with van der Waals surface area (Å²) in [6.07, 6.45) is 2.58. The lowest BCUT2D eigenvalue weighted by molar-refractivity contribution is 0.478. The van der Waals surface area contributed by atoms with Gasteiger partial charge in [-0.05, 0) is 105 Å². The van der Waals surface area contributed by atoms with Crippen molar-refractivity contribution in [3.05, 3.63) is 174 Å². The molecule has 7 rings (SSSR count). The topological polar surface area (TPSA) is 46.0 Å². The summed E-state index contributed by atoms with van der Waals surface area (Å²) in [5.41, 5.74) is 13.7. The van der Waals surface area contributed by atoms with E-state index in [1.165, 1.54) is 11.1 Å². The van der Waals surface area contributed by atoms with Crippen molar-refractivity contribution in [2.75, 3.05) is 0 Å². The van der Waals surface area contributed by atoms with E-state index in [0.717, 1.165) is 67.2 Å². The van der Waals surface area contributed by atoms with Gasteiger partial charge < -0.3 is 5.11 Å². The molecule has 2 aromatic heterocycles. The predicted molar refractivity (Wildman–Crippen MR) is 218 cm³/mol. The summed E-state index contributed by atoms with van der Waals surface area (Å²) in [7, 11) is 0. The van der Waals surface area contributed by atoms with Crippen molar-refractivity contribution in [2.24, 2.45) is 0 Å². The van der Waals surface area contributed by atoms with Gasteiger partial charge in [-0.15, -0.1) is 0 Å². The molecule has 0 amide bonds. The van der Waals surface area contributed by atoms with Gasteiger partial charge in [0.05, 0.1) is 17.1 Å². The summed E-state index contributed by atoms with van der Waals surface area (Å²) in [5.74, 6) is 0.240. The van der Waals surface area contributed by atoms with Crippen LogP contribution in [0.2, 0.25) is 0 Å². The van der Waals surface area contributed by atoms with Gasteiger partial charge in [0.2, 0.25) is 0 Å². The maximum Gasteiger partial charge on any atom is 0.132 e. The smallest absolute Gasteiger partial charge is 0.132 e. The Labute approximate surface area is 308 Å². The minimum atomic E-state index is -0.152. The summed E-state index contributed by atoms with van der Waals surface area (Å²) in [6.45, 7) is 13.4. The van der Waals surface area contributed by atoms with Gasteiger partial charge in [-0.2, -0.15) is 0 Å². The molecule has 0 unspecified atom stereocenters. The quantitative estimate of drug-likeness (QED) is 0.182. The van der Waals surface area contributed by atoms with Crippen LogP contribution in [-0.4, -0.2) is 15.1 Å². The second kappa shape index (κ2) is 14.1. The van der Waals surface area contributed by atoms with E-state index in [9.17, 15) is 5.11 Å². The fraction of sp³-hybridized carbons (Fsp3) is 0.184. The van der Waals surface area contributed by atoms with Gasteiger partial charge in [0, 0.05) is 28.5 Å². The molecule has 1 N–H and O–H groups in total. The van der Waals surface area contributed by atoms with E-state index in [1.54, 1.807) is 0 Å². The van der Waals surface area contributed by atoms with Gasteiger partial charge in [-0.25, -0.2) is 4.98 Å². The summed E-state index contributed by atoms with van der Waals surface area (Å²) < 4.78 is 0. The van der Waals surface area contributed by atoms with Crippen LogP contribution in [0, 0.1) is 0 Å². The van der Waals surface area contributed by atoms with Crippen LogP contribution >= 0.6 is 0 Å². The van der Waals surface area contributed by atoms with Gasteiger partial charge in [0.15, 0.2) is 0 Å². The Hall–Kier alpha value is -5.80. The molecule has 5 aromatic carbocycles. The van der Waals surface area contributed by atoms with Crippen LogP contribution in [0.3, 0.4) is 0 Å². The first kappa shape index (κ1) is 34.6. The number of pyridine rings is 2. The van der Waals surface area contributed by atoms with Crippen molar-refractivity contribution in [3.63, 3.8) is 0 Å². The molecule has 0 spiro atoms. The molecule has 0 saturated heterocycles. The van der Waals surface area contributed by atoms with Crippen molar-refractivity contribution in [1.82, 2.24) is 9.97 Å². The first-order chi connectivity index (χ1) is 24.9. The summed E-state index contributed by atoms with van der Waals surface area (Å²) >= 11 is 0. The number of hydrogen-bond donors (Lipinski definition) is 1. The third kappa shape index (κ3) is 7.45. The van der Waals surface area contributed by atoms with E-state index in [4.69, 9.17) is 9.97 Å². The Balaban J connectivity index is 1.44. The molecular weight excluding hydrogens is 633 g/mol. The molecule has 258 valence electrons. The van der Waals surface area contributed by atoms with Gasteiger partial charge >= 0.3 is 0 Å². The summed E-state index contributed by atoms with van der Waals surface area (Å²) in [6, 6.07) is 50.6. The monoisotopic (exact) mass is 678 g/mol. The largest absolute Gasteiger partial charge is 0.507 e. The lowest BCUT2D eigenvalue weighted by Crippen LogP contribution is -2.12. The zero-order valence-electron chi connectivity index (χ0n) is 31.0. The van der Waals surface area contributed by atoms with Crippen LogP contribution in [0.4, 0.5) is 0 Å². The third-order valence-corrected chi connectivity index (χ3v) is 9.79. The molecular formula is C49H46N2O. The van der Waals surface area contributed by atoms with E-state index in [1.807, 2.05) is 36.5 Å². The summed E-state index contributed by atoms with van der Waals surface area (Å²) in [5, 5.41) is 12.2. The second-order valence-electron chi connectivity index (χ2n) is 15.7. The van der Waals surface area contributed by atoms with E-state index in [0.29, 0.717) is 6.42 Å². The highest BCUT2D eigenvalue weighted by atomic mass is 16.3. The Kier molecular flexibility index (Phi) is 9.38. The molecule has 0 saturated carbocycles. The number of phenols is 1. The Morgan fingerprint density at radius 1 is 0.481 bits per heavy atom. The molecule has 0 atom stereocenters. The maximum atomic E-state index is 12.2. The number of benzene rings is 5. The normalized spacial score (nSPS) is 11.8. The van der Waals surface area contributed by atoms with Crippen molar-refractivity contribution in [2.45, 2.75) is 58.8 Å². The number of aromatic hydroxyl groups is 1. The van der Waals surface area contributed by atoms with E-state index >= 15 is 0 Å². The minimum absolute atomic E-state index is 0.109. The highest BCUT2D eigenvalue weighted by Crippen LogP contribution is 2.43.